The molecular formula is C13H16ClF3N2. The first kappa shape index (κ1) is 14.5. The van der Waals surface area contributed by atoms with Gasteiger partial charge in [-0.25, -0.2) is 0 Å². The van der Waals surface area contributed by atoms with Gasteiger partial charge < -0.3 is 9.80 Å². The van der Waals surface area contributed by atoms with Crippen LogP contribution in [0.3, 0.4) is 0 Å². The van der Waals surface area contributed by atoms with E-state index in [-0.39, 0.29) is 10.7 Å². The van der Waals surface area contributed by atoms with Gasteiger partial charge in [0.1, 0.15) is 0 Å². The molecule has 0 saturated carbocycles. The Morgan fingerprint density at radius 2 is 1.68 bits per heavy atom. The lowest BCUT2D eigenvalue weighted by Crippen LogP contribution is -2.45. The summed E-state index contributed by atoms with van der Waals surface area (Å²) < 4.78 is 39.4. The third-order valence-electron chi connectivity index (χ3n) is 3.33. The van der Waals surface area contributed by atoms with Crippen LogP contribution in [0.2, 0.25) is 5.02 Å². The highest BCUT2D eigenvalue weighted by molar-refractivity contribution is 6.33. The van der Waals surface area contributed by atoms with Gasteiger partial charge in [-0.2, -0.15) is 13.2 Å². The fraction of sp³-hybridized carbons (Fsp3) is 0.538. The maximum atomic E-state index is 13.1. The van der Waals surface area contributed by atoms with E-state index in [1.807, 2.05) is 7.05 Å². The summed E-state index contributed by atoms with van der Waals surface area (Å²) in [6.07, 6.45) is -4.38. The van der Waals surface area contributed by atoms with Gasteiger partial charge in [0.05, 0.1) is 16.3 Å². The Balaban J connectivity index is 2.44. The normalized spacial score (nSPS) is 17.9. The fourth-order valence-electron chi connectivity index (χ4n) is 2.30. The maximum Gasteiger partial charge on any atom is 0.418 e. The summed E-state index contributed by atoms with van der Waals surface area (Å²) >= 11 is 6.06. The van der Waals surface area contributed by atoms with Crippen molar-refractivity contribution in [1.82, 2.24) is 4.90 Å². The highest BCUT2D eigenvalue weighted by Gasteiger charge is 2.36. The van der Waals surface area contributed by atoms with Crippen molar-refractivity contribution in [3.05, 3.63) is 28.3 Å². The Bertz CT molecular complexity index is 466. The number of nitrogens with zero attached hydrogens (tertiary/aromatic N) is 2. The van der Waals surface area contributed by atoms with Gasteiger partial charge in [0.2, 0.25) is 0 Å². The van der Waals surface area contributed by atoms with E-state index in [1.54, 1.807) is 17.9 Å². The van der Waals surface area contributed by atoms with E-state index in [0.717, 1.165) is 13.1 Å². The molecule has 0 aliphatic carbocycles. The molecule has 2 nitrogen and oxygen atoms in total. The molecule has 0 atom stereocenters. The van der Waals surface area contributed by atoms with Crippen molar-refractivity contribution in [2.45, 2.75) is 13.1 Å². The third kappa shape index (κ3) is 3.15. The number of hydrogen-bond donors (Lipinski definition) is 0. The molecule has 1 aromatic rings. The highest BCUT2D eigenvalue weighted by Crippen LogP contribution is 2.41. The molecular weight excluding hydrogens is 277 g/mol. The fourth-order valence-corrected chi connectivity index (χ4v) is 2.70. The van der Waals surface area contributed by atoms with E-state index in [2.05, 4.69) is 4.90 Å². The second-order valence-electron chi connectivity index (χ2n) is 4.93. The standard InChI is InChI=1S/C13H16ClF3N2/c1-9-7-10(13(15,16)17)12(11(14)8-9)19-5-3-18(2)4-6-19/h7-8H,3-6H2,1-2H3. The van der Waals surface area contributed by atoms with Crippen LogP contribution in [-0.4, -0.2) is 38.1 Å². The minimum Gasteiger partial charge on any atom is -0.367 e. The number of anilines is 1. The van der Waals surface area contributed by atoms with Gasteiger partial charge in [-0.15, -0.1) is 0 Å². The molecule has 0 N–H and O–H groups in total. The van der Waals surface area contributed by atoms with Gasteiger partial charge in [-0.3, -0.25) is 0 Å². The minimum atomic E-state index is -4.38. The molecule has 0 amide bonds. The first-order valence-electron chi connectivity index (χ1n) is 6.10. The molecule has 19 heavy (non-hydrogen) atoms. The van der Waals surface area contributed by atoms with Crippen LogP contribution in [0.1, 0.15) is 11.1 Å². The topological polar surface area (TPSA) is 6.48 Å². The zero-order valence-corrected chi connectivity index (χ0v) is 11.6. The SMILES string of the molecule is Cc1cc(Cl)c(N2CCN(C)CC2)c(C(F)(F)F)c1. The lowest BCUT2D eigenvalue weighted by Gasteiger charge is -2.36. The molecule has 0 aromatic heterocycles. The zero-order chi connectivity index (χ0) is 14.2. The molecule has 1 saturated heterocycles. The van der Waals surface area contributed by atoms with Crippen LogP contribution in [0.15, 0.2) is 12.1 Å². The lowest BCUT2D eigenvalue weighted by atomic mass is 10.1. The van der Waals surface area contributed by atoms with Crippen molar-refractivity contribution in [1.29, 1.82) is 0 Å². The van der Waals surface area contributed by atoms with Gasteiger partial charge in [0, 0.05) is 26.2 Å². The summed E-state index contributed by atoms with van der Waals surface area (Å²) in [5.74, 6) is 0. The lowest BCUT2D eigenvalue weighted by molar-refractivity contribution is -0.137. The van der Waals surface area contributed by atoms with E-state index in [9.17, 15) is 13.2 Å². The number of halogens is 4. The van der Waals surface area contributed by atoms with Gasteiger partial charge in [-0.05, 0) is 31.7 Å². The number of piperazine rings is 1. The Kier molecular flexibility index (Phi) is 3.97. The van der Waals surface area contributed by atoms with E-state index in [1.165, 1.54) is 6.07 Å². The van der Waals surface area contributed by atoms with Crippen molar-refractivity contribution in [3.8, 4) is 0 Å². The molecule has 1 heterocycles. The monoisotopic (exact) mass is 292 g/mol. The Hall–Kier alpha value is -0.940. The number of likely N-dealkylation sites (N-methyl/N-ethyl adjacent to an activating group) is 1. The van der Waals surface area contributed by atoms with Gasteiger partial charge in [0.15, 0.2) is 0 Å². The summed E-state index contributed by atoms with van der Waals surface area (Å²) in [7, 11) is 1.96. The molecule has 0 unspecified atom stereocenters. The summed E-state index contributed by atoms with van der Waals surface area (Å²) in [5.41, 5.74) is 0.00474. The number of alkyl halides is 3. The molecule has 6 heteroatoms. The van der Waals surface area contributed by atoms with Crippen molar-refractivity contribution < 1.29 is 13.2 Å². The highest BCUT2D eigenvalue weighted by atomic mass is 35.5. The first-order valence-corrected chi connectivity index (χ1v) is 6.47. The number of benzene rings is 1. The quantitative estimate of drug-likeness (QED) is 0.782. The van der Waals surface area contributed by atoms with E-state index in [0.29, 0.717) is 18.7 Å². The molecule has 1 aliphatic rings. The minimum absolute atomic E-state index is 0.118. The van der Waals surface area contributed by atoms with Gasteiger partial charge in [0.25, 0.3) is 0 Å². The van der Waals surface area contributed by atoms with Gasteiger partial charge >= 0.3 is 6.18 Å². The average Bonchev–Trinajstić information content (AvgIpc) is 2.28. The molecule has 1 aromatic carbocycles. The first-order chi connectivity index (χ1) is 8.79. The van der Waals surface area contributed by atoms with Crippen LogP contribution >= 0.6 is 11.6 Å². The molecule has 1 aliphatic heterocycles. The van der Waals surface area contributed by atoms with E-state index in [4.69, 9.17) is 11.6 Å². The van der Waals surface area contributed by atoms with Crippen LogP contribution in [0, 0.1) is 6.92 Å². The predicted octanol–water partition coefficient (Wildman–Crippen LogP) is 3.42. The molecule has 1 fully saturated rings. The second kappa shape index (κ2) is 5.21. The maximum absolute atomic E-state index is 13.1. The predicted molar refractivity (Wildman–Crippen MR) is 70.9 cm³/mol. The Morgan fingerprint density at radius 3 is 2.21 bits per heavy atom. The molecule has 0 radical (unpaired) electrons. The number of aryl methyl sites for hydroxylation is 1. The number of hydrogen-bond acceptors (Lipinski definition) is 2. The van der Waals surface area contributed by atoms with Crippen molar-refractivity contribution in [2.24, 2.45) is 0 Å². The third-order valence-corrected chi connectivity index (χ3v) is 3.62. The molecule has 2 rings (SSSR count). The molecule has 106 valence electrons. The van der Waals surface area contributed by atoms with E-state index < -0.39 is 11.7 Å². The van der Waals surface area contributed by atoms with Crippen LogP contribution in [0.25, 0.3) is 0 Å². The summed E-state index contributed by atoms with van der Waals surface area (Å²) in [6, 6.07) is 2.75. The molecule has 0 spiro atoms. The van der Waals surface area contributed by atoms with Crippen molar-refractivity contribution in [2.75, 3.05) is 38.1 Å². The van der Waals surface area contributed by atoms with Crippen LogP contribution in [-0.2, 0) is 6.18 Å². The smallest absolute Gasteiger partial charge is 0.367 e. The second-order valence-corrected chi connectivity index (χ2v) is 5.34. The average molecular weight is 293 g/mol. The van der Waals surface area contributed by atoms with Crippen LogP contribution in [0.5, 0.6) is 0 Å². The Morgan fingerprint density at radius 1 is 1.11 bits per heavy atom. The van der Waals surface area contributed by atoms with Gasteiger partial charge in [-0.1, -0.05) is 11.6 Å². The summed E-state index contributed by atoms with van der Waals surface area (Å²) in [5, 5.41) is 0.178. The number of rotatable bonds is 1. The largest absolute Gasteiger partial charge is 0.418 e. The molecule has 0 bridgehead atoms. The van der Waals surface area contributed by atoms with Crippen molar-refractivity contribution in [3.63, 3.8) is 0 Å². The Labute approximate surface area is 115 Å². The van der Waals surface area contributed by atoms with Crippen molar-refractivity contribution >= 4 is 17.3 Å². The summed E-state index contributed by atoms with van der Waals surface area (Å²) in [6.45, 7) is 4.21. The summed E-state index contributed by atoms with van der Waals surface area (Å²) in [4.78, 5) is 3.82. The zero-order valence-electron chi connectivity index (χ0n) is 10.9. The van der Waals surface area contributed by atoms with Crippen LogP contribution < -0.4 is 4.90 Å². The van der Waals surface area contributed by atoms with E-state index >= 15 is 0 Å². The van der Waals surface area contributed by atoms with Crippen LogP contribution in [0.4, 0.5) is 18.9 Å².